The molecule has 1 unspecified atom stereocenters. The first-order chi connectivity index (χ1) is 7.86. The van der Waals surface area contributed by atoms with Gasteiger partial charge in [-0.25, -0.2) is 8.78 Å². The van der Waals surface area contributed by atoms with Crippen molar-refractivity contribution < 1.29 is 21.4 Å². The summed E-state index contributed by atoms with van der Waals surface area (Å²) in [4.78, 5) is -0.109. The Hall–Kier alpha value is -0.945. The smallest absolute Gasteiger partial charge is 0.258 e. The molecule has 0 radical (unpaired) electrons. The number of aryl methyl sites for hydroxylation is 1. The molecule has 0 heterocycles. The Balaban J connectivity index is 2.92. The fourth-order valence-electron chi connectivity index (χ4n) is 1.21. The van der Waals surface area contributed by atoms with Crippen molar-refractivity contribution in [2.24, 2.45) is 0 Å². The van der Waals surface area contributed by atoms with Crippen molar-refractivity contribution in [3.8, 4) is 0 Å². The molecule has 0 aromatic heterocycles. The van der Waals surface area contributed by atoms with Crippen molar-refractivity contribution in [2.45, 2.75) is 30.7 Å². The van der Waals surface area contributed by atoms with E-state index in [1.54, 1.807) is 19.1 Å². The third-order valence-electron chi connectivity index (χ3n) is 2.24. The monoisotopic (exact) mass is 262 g/mol. The highest BCUT2D eigenvalue weighted by molar-refractivity contribution is 7.86. The van der Waals surface area contributed by atoms with Gasteiger partial charge < -0.3 is 0 Å². The van der Waals surface area contributed by atoms with Crippen LogP contribution in [0.1, 0.15) is 5.56 Å². The zero-order valence-corrected chi connectivity index (χ0v) is 10.4. The van der Waals surface area contributed by atoms with E-state index in [-0.39, 0.29) is 11.2 Å². The summed E-state index contributed by atoms with van der Waals surface area (Å²) in [6.07, 6.45) is -4.48. The molecule has 0 amide bonds. The lowest BCUT2D eigenvalue weighted by Gasteiger charge is -2.14. The molecule has 1 aromatic rings. The maximum Gasteiger partial charge on any atom is 0.297 e. The molecule has 0 saturated heterocycles. The average Bonchev–Trinajstić information content (AvgIpc) is 2.26. The molecule has 3 nitrogen and oxygen atoms in total. The van der Waals surface area contributed by atoms with Crippen LogP contribution in [0.5, 0.6) is 0 Å². The van der Waals surface area contributed by atoms with Gasteiger partial charge in [0, 0.05) is 0 Å². The summed E-state index contributed by atoms with van der Waals surface area (Å²) in [5.41, 5.74) is 0.879. The maximum absolute atomic E-state index is 12.4. The highest BCUT2D eigenvalue weighted by atomic mass is 32.2. The molecule has 7 heteroatoms. The van der Waals surface area contributed by atoms with Crippen molar-refractivity contribution in [3.05, 3.63) is 29.8 Å². The van der Waals surface area contributed by atoms with Crippen molar-refractivity contribution in [2.75, 3.05) is 0 Å². The van der Waals surface area contributed by atoms with Gasteiger partial charge in [-0.05, 0) is 25.4 Å². The van der Waals surface area contributed by atoms with Gasteiger partial charge in [-0.2, -0.15) is 8.42 Å². The number of hydrogen-bond acceptors (Lipinski definition) is 3. The molecule has 17 heavy (non-hydrogen) atoms. The van der Waals surface area contributed by atoms with Gasteiger partial charge in [-0.1, -0.05) is 17.7 Å². The van der Waals surface area contributed by atoms with Gasteiger partial charge in [0.05, 0.1) is 4.90 Å². The van der Waals surface area contributed by atoms with E-state index in [4.69, 9.17) is 0 Å². The van der Waals surface area contributed by atoms with E-state index in [9.17, 15) is 17.2 Å². The maximum atomic E-state index is 12.4. The molecule has 94 valence electrons. The second-order valence-corrected chi connectivity index (χ2v) is 5.22. The van der Waals surface area contributed by atoms with Gasteiger partial charge in [0.25, 0.3) is 16.5 Å². The number of hydrogen-bond donors (Lipinski definition) is 0. The number of halogens is 2. The standard InChI is InChI=1S/C10H13BF2O3S/c1-7-2-4-8(5-3-7)17(14,15)16-9(6-11)10(12)13/h2-5,9-10H,6,11H2,1H3. The van der Waals surface area contributed by atoms with Crippen molar-refractivity contribution in [1.82, 2.24) is 0 Å². The van der Waals surface area contributed by atoms with Crippen LogP contribution in [0, 0.1) is 6.92 Å². The van der Waals surface area contributed by atoms with Gasteiger partial charge in [-0.3, -0.25) is 4.18 Å². The molecule has 1 aromatic carbocycles. The number of rotatable bonds is 5. The third-order valence-corrected chi connectivity index (χ3v) is 3.59. The van der Waals surface area contributed by atoms with Crippen molar-refractivity contribution in [1.29, 1.82) is 0 Å². The first-order valence-electron chi connectivity index (χ1n) is 5.15. The lowest BCUT2D eigenvalue weighted by Crippen LogP contribution is -2.25. The Morgan fingerprint density at radius 2 is 1.82 bits per heavy atom. The van der Waals surface area contributed by atoms with Gasteiger partial charge in [-0.15, -0.1) is 0 Å². The lowest BCUT2D eigenvalue weighted by atomic mass is 10.0. The Morgan fingerprint density at radius 1 is 1.29 bits per heavy atom. The summed E-state index contributed by atoms with van der Waals surface area (Å²) in [6, 6.07) is 5.84. The van der Waals surface area contributed by atoms with E-state index in [2.05, 4.69) is 4.18 Å². The van der Waals surface area contributed by atoms with E-state index in [1.807, 2.05) is 0 Å². The molecule has 1 rings (SSSR count). The highest BCUT2D eigenvalue weighted by Crippen LogP contribution is 2.19. The Labute approximate surface area is 100 Å². The fraction of sp³-hybridized carbons (Fsp3) is 0.400. The summed E-state index contributed by atoms with van der Waals surface area (Å²) in [5.74, 6) is 0. The van der Waals surface area contributed by atoms with Crippen LogP contribution in [0.15, 0.2) is 29.2 Å². The normalized spacial score (nSPS) is 13.9. The van der Waals surface area contributed by atoms with E-state index in [1.165, 1.54) is 20.0 Å². The number of benzene rings is 1. The summed E-state index contributed by atoms with van der Waals surface area (Å²) in [6.45, 7) is 1.80. The SMILES string of the molecule is BCC(OS(=O)(=O)c1ccc(C)cc1)C(F)F. The summed E-state index contributed by atoms with van der Waals surface area (Å²) < 4.78 is 52.7. The predicted molar refractivity (Wildman–Crippen MR) is 62.6 cm³/mol. The lowest BCUT2D eigenvalue weighted by molar-refractivity contribution is 0.0266. The number of alkyl halides is 2. The minimum atomic E-state index is -4.11. The van der Waals surface area contributed by atoms with Crippen LogP contribution >= 0.6 is 0 Å². The van der Waals surface area contributed by atoms with Crippen molar-refractivity contribution in [3.63, 3.8) is 0 Å². The Kier molecular flexibility index (Phi) is 4.65. The topological polar surface area (TPSA) is 43.4 Å². The van der Waals surface area contributed by atoms with E-state index in [0.717, 1.165) is 5.56 Å². The third kappa shape index (κ3) is 3.78. The van der Waals surface area contributed by atoms with Crippen LogP contribution in [-0.4, -0.2) is 28.8 Å². The second-order valence-electron chi connectivity index (χ2n) is 3.64. The van der Waals surface area contributed by atoms with Crippen LogP contribution in [0.2, 0.25) is 6.32 Å². The van der Waals surface area contributed by atoms with Crippen LogP contribution in [0.4, 0.5) is 8.78 Å². The molecule has 0 aliphatic carbocycles. The minimum Gasteiger partial charge on any atom is -0.258 e. The second kappa shape index (κ2) is 5.60. The molecule has 0 saturated carbocycles. The van der Waals surface area contributed by atoms with E-state index < -0.39 is 22.6 Å². The summed E-state index contributed by atoms with van der Waals surface area (Å²) in [5, 5.41) is 0. The van der Waals surface area contributed by atoms with E-state index >= 15 is 0 Å². The van der Waals surface area contributed by atoms with Crippen LogP contribution in [0.3, 0.4) is 0 Å². The molecule has 0 aliphatic heterocycles. The molecule has 0 bridgehead atoms. The molecule has 0 fully saturated rings. The van der Waals surface area contributed by atoms with Crippen LogP contribution in [0.25, 0.3) is 0 Å². The Morgan fingerprint density at radius 3 is 2.24 bits per heavy atom. The van der Waals surface area contributed by atoms with Gasteiger partial charge in [0.15, 0.2) is 0 Å². The van der Waals surface area contributed by atoms with E-state index in [0.29, 0.717) is 0 Å². The quantitative estimate of drug-likeness (QED) is 0.594. The highest BCUT2D eigenvalue weighted by Gasteiger charge is 2.27. The van der Waals surface area contributed by atoms with Crippen LogP contribution < -0.4 is 0 Å². The van der Waals surface area contributed by atoms with Crippen LogP contribution in [-0.2, 0) is 14.3 Å². The molecular formula is C10H13BF2O3S. The summed E-state index contributed by atoms with van der Waals surface area (Å²) >= 11 is 0. The molecular weight excluding hydrogens is 249 g/mol. The fourth-order valence-corrected chi connectivity index (χ4v) is 2.34. The van der Waals surface area contributed by atoms with Gasteiger partial charge in [0.1, 0.15) is 14.0 Å². The average molecular weight is 262 g/mol. The Bertz CT molecular complexity index is 459. The molecule has 0 aliphatic rings. The predicted octanol–water partition coefficient (Wildman–Crippen LogP) is 1.39. The first-order valence-corrected chi connectivity index (χ1v) is 6.55. The van der Waals surface area contributed by atoms with Crippen molar-refractivity contribution >= 4 is 18.0 Å². The summed E-state index contributed by atoms with van der Waals surface area (Å²) in [7, 11) is -2.67. The van der Waals surface area contributed by atoms with Gasteiger partial charge in [0.2, 0.25) is 0 Å². The largest absolute Gasteiger partial charge is 0.297 e. The molecule has 1 atom stereocenters. The van der Waals surface area contributed by atoms with Gasteiger partial charge >= 0.3 is 0 Å². The zero-order valence-electron chi connectivity index (χ0n) is 9.56. The zero-order chi connectivity index (χ0) is 13.1. The first kappa shape index (κ1) is 14.1. The minimum absolute atomic E-state index is 0.0667. The molecule has 0 spiro atoms. The molecule has 0 N–H and O–H groups in total.